The van der Waals surface area contributed by atoms with Gasteiger partial charge in [0.05, 0.1) is 17.2 Å². The fourth-order valence-electron chi connectivity index (χ4n) is 3.33. The van der Waals surface area contributed by atoms with Crippen LogP contribution in [0, 0.1) is 5.95 Å². The monoisotopic (exact) mass is 683 g/mol. The number of aromatic nitrogens is 1. The molecule has 2 atom stereocenters. The number of nitrogens with two attached hydrogens (primary N) is 1. The second kappa shape index (κ2) is 24.8. The highest BCUT2D eigenvalue weighted by Gasteiger charge is 2.20. The summed E-state index contributed by atoms with van der Waals surface area (Å²) in [4.78, 5) is 79.1. The van der Waals surface area contributed by atoms with Crippen LogP contribution in [0.5, 0.6) is 0 Å². The summed E-state index contributed by atoms with van der Waals surface area (Å²) in [5.41, 5.74) is 5.22. The standard InChI is InChI=1S/C21H32ClFN5O7P.C5H8O4/c22-15-12-14(13-27-19(15)23)20(31)26-10-3-1-2-6-18(30)28-16(21(32)33)7-8-17(29)25-9-4-5-11-35-36(24)34;6-4(7)2-1-3-5(8)9/h12-13,16,34H,1-11,24H2,(H,25,29)(H,26,31)(H,28,30)(H,32,33);1-3H2,(H,6,7)(H,8,9). The van der Waals surface area contributed by atoms with Crippen LogP contribution in [0.25, 0.3) is 0 Å². The second-order valence-electron chi connectivity index (χ2n) is 9.39. The number of nitrogens with one attached hydrogen (secondary N) is 3. The van der Waals surface area contributed by atoms with E-state index in [1.807, 2.05) is 0 Å². The van der Waals surface area contributed by atoms with Crippen LogP contribution >= 0.6 is 20.1 Å². The van der Waals surface area contributed by atoms with E-state index in [2.05, 4.69) is 20.9 Å². The fourth-order valence-corrected chi connectivity index (χ4v) is 3.81. The van der Waals surface area contributed by atoms with Gasteiger partial charge < -0.3 is 40.7 Å². The Morgan fingerprint density at radius 1 is 0.889 bits per heavy atom. The van der Waals surface area contributed by atoms with Crippen LogP contribution in [0.2, 0.25) is 5.02 Å². The maximum absolute atomic E-state index is 13.0. The Morgan fingerprint density at radius 3 is 2.09 bits per heavy atom. The summed E-state index contributed by atoms with van der Waals surface area (Å²) >= 11 is 5.60. The highest BCUT2D eigenvalue weighted by Crippen LogP contribution is 2.19. The van der Waals surface area contributed by atoms with Gasteiger partial charge in [0.25, 0.3) is 5.91 Å². The largest absolute Gasteiger partial charge is 0.481 e. The SMILES string of the molecule is NP(O)OCCCCNC(=O)CCC(NC(=O)CCCCCNC(=O)c1cnc(F)c(Cl)c1)C(=O)O.O=C(O)CCCC(=O)O. The molecule has 2 unspecified atom stereocenters. The second-order valence-corrected chi connectivity index (χ2v) is 10.7. The number of carbonyl (C=O) groups excluding carboxylic acids is 3. The van der Waals surface area contributed by atoms with E-state index in [0.29, 0.717) is 45.2 Å². The molecule has 0 spiro atoms. The van der Waals surface area contributed by atoms with Crippen LogP contribution in [0.3, 0.4) is 0 Å². The number of amides is 3. The van der Waals surface area contributed by atoms with Gasteiger partial charge in [-0.15, -0.1) is 0 Å². The number of hydrogen-bond acceptors (Lipinski definition) is 10. The van der Waals surface area contributed by atoms with Crippen molar-refractivity contribution >= 4 is 55.8 Å². The van der Waals surface area contributed by atoms with Crippen LogP contribution in [-0.4, -0.2) is 86.6 Å². The van der Waals surface area contributed by atoms with E-state index in [1.54, 1.807) is 0 Å². The number of carbonyl (C=O) groups is 6. The molecule has 19 heteroatoms. The van der Waals surface area contributed by atoms with E-state index in [9.17, 15) is 38.3 Å². The number of nitrogens with zero attached hydrogens (tertiary/aromatic N) is 1. The lowest BCUT2D eigenvalue weighted by Gasteiger charge is -2.14. The lowest BCUT2D eigenvalue weighted by Crippen LogP contribution is -2.41. The van der Waals surface area contributed by atoms with Gasteiger partial charge in [0, 0.05) is 45.0 Å². The predicted octanol–water partition coefficient (Wildman–Crippen LogP) is 1.93. The quantitative estimate of drug-likeness (QED) is 0.0494. The maximum atomic E-state index is 13.0. The molecule has 1 heterocycles. The van der Waals surface area contributed by atoms with Crippen LogP contribution in [0.1, 0.15) is 81.0 Å². The Morgan fingerprint density at radius 2 is 1.51 bits per heavy atom. The molecule has 1 rings (SSSR count). The van der Waals surface area contributed by atoms with Gasteiger partial charge in [-0.3, -0.25) is 29.5 Å². The molecule has 0 saturated carbocycles. The average Bonchev–Trinajstić information content (AvgIpc) is 2.95. The molecule has 1 aromatic rings. The average molecular weight is 684 g/mol. The van der Waals surface area contributed by atoms with Gasteiger partial charge in [0.15, 0.2) is 0 Å². The summed E-state index contributed by atoms with van der Waals surface area (Å²) in [6.45, 7) is 0.972. The zero-order valence-electron chi connectivity index (χ0n) is 24.5. The number of rotatable bonds is 22. The van der Waals surface area contributed by atoms with Crippen molar-refractivity contribution < 1.29 is 57.9 Å². The highest BCUT2D eigenvalue weighted by atomic mass is 35.5. The van der Waals surface area contributed by atoms with Crippen LogP contribution < -0.4 is 21.5 Å². The molecule has 0 aliphatic heterocycles. The van der Waals surface area contributed by atoms with Gasteiger partial charge in [-0.05, 0) is 44.6 Å². The molecule has 1 aromatic heterocycles. The minimum atomic E-state index is -1.89. The summed E-state index contributed by atoms with van der Waals surface area (Å²) in [5.74, 6) is -5.20. The number of carboxylic acids is 3. The molecule has 0 aliphatic rings. The van der Waals surface area contributed by atoms with Gasteiger partial charge in [0.2, 0.25) is 26.3 Å². The predicted molar refractivity (Wildman–Crippen MR) is 159 cm³/mol. The number of aliphatic carboxylic acids is 3. The number of pyridine rings is 1. The molecule has 0 aromatic carbocycles. The molecule has 9 N–H and O–H groups in total. The van der Waals surface area contributed by atoms with E-state index >= 15 is 0 Å². The van der Waals surface area contributed by atoms with E-state index < -0.39 is 50.2 Å². The first-order chi connectivity index (χ1) is 21.2. The van der Waals surface area contributed by atoms with Crippen molar-refractivity contribution in [2.45, 2.75) is 76.7 Å². The smallest absolute Gasteiger partial charge is 0.326 e. The zero-order valence-corrected chi connectivity index (χ0v) is 26.2. The molecule has 3 amide bonds. The molecule has 45 heavy (non-hydrogen) atoms. The minimum Gasteiger partial charge on any atom is -0.481 e. The van der Waals surface area contributed by atoms with Crippen molar-refractivity contribution in [1.29, 1.82) is 0 Å². The first-order valence-corrected chi connectivity index (χ1v) is 15.6. The molecule has 0 radical (unpaired) electrons. The van der Waals surface area contributed by atoms with E-state index in [0.717, 1.165) is 6.20 Å². The van der Waals surface area contributed by atoms with E-state index in [-0.39, 0.29) is 61.6 Å². The van der Waals surface area contributed by atoms with Crippen molar-refractivity contribution in [2.24, 2.45) is 5.50 Å². The Kier molecular flexibility index (Phi) is 22.9. The molecular formula is C26H40ClFN5O11P. The van der Waals surface area contributed by atoms with Gasteiger partial charge >= 0.3 is 17.9 Å². The maximum Gasteiger partial charge on any atom is 0.326 e. The zero-order chi connectivity index (χ0) is 34.2. The minimum absolute atomic E-state index is 0.0493. The number of halogens is 2. The van der Waals surface area contributed by atoms with Gasteiger partial charge in [-0.2, -0.15) is 4.39 Å². The first kappa shape index (κ1) is 41.5. The first-order valence-electron chi connectivity index (χ1n) is 13.9. The molecule has 0 saturated heterocycles. The number of hydrogen-bond donors (Lipinski definition) is 8. The summed E-state index contributed by atoms with van der Waals surface area (Å²) in [6.07, 6.45) is 4.01. The Hall–Kier alpha value is -3.50. The van der Waals surface area contributed by atoms with Crippen LogP contribution in [-0.2, 0) is 28.5 Å². The Labute approximate surface area is 265 Å². The highest BCUT2D eigenvalue weighted by molar-refractivity contribution is 7.43. The van der Waals surface area contributed by atoms with Gasteiger partial charge in [-0.1, -0.05) is 18.0 Å². The lowest BCUT2D eigenvalue weighted by molar-refractivity contribution is -0.142. The molecule has 0 bridgehead atoms. The van der Waals surface area contributed by atoms with Gasteiger partial charge in [-0.25, -0.2) is 9.78 Å². The fraction of sp³-hybridized carbons (Fsp3) is 0.577. The number of unbranched alkanes of at least 4 members (excludes halogenated alkanes) is 3. The third kappa shape index (κ3) is 23.5. The third-order valence-electron chi connectivity index (χ3n) is 5.62. The van der Waals surface area contributed by atoms with Gasteiger partial charge in [0.1, 0.15) is 6.04 Å². The molecular weight excluding hydrogens is 644 g/mol. The van der Waals surface area contributed by atoms with Crippen molar-refractivity contribution in [2.75, 3.05) is 19.7 Å². The lowest BCUT2D eigenvalue weighted by atomic mass is 10.1. The Balaban J connectivity index is 0.00000186. The topological polar surface area (TPSA) is 268 Å². The van der Waals surface area contributed by atoms with Crippen molar-refractivity contribution in [1.82, 2.24) is 20.9 Å². The summed E-state index contributed by atoms with van der Waals surface area (Å²) < 4.78 is 17.9. The van der Waals surface area contributed by atoms with Crippen molar-refractivity contribution in [3.8, 4) is 0 Å². The molecule has 16 nitrogen and oxygen atoms in total. The molecule has 0 aliphatic carbocycles. The van der Waals surface area contributed by atoms with Crippen molar-refractivity contribution in [3.63, 3.8) is 0 Å². The normalized spacial score (nSPS) is 11.7. The van der Waals surface area contributed by atoms with Crippen LogP contribution in [0.15, 0.2) is 12.3 Å². The molecule has 0 fully saturated rings. The van der Waals surface area contributed by atoms with Crippen molar-refractivity contribution in [3.05, 3.63) is 28.8 Å². The Bertz CT molecular complexity index is 1100. The summed E-state index contributed by atoms with van der Waals surface area (Å²) in [7, 11) is -1.89. The summed E-state index contributed by atoms with van der Waals surface area (Å²) in [6, 6.07) is -0.00000301. The van der Waals surface area contributed by atoms with Crippen LogP contribution in [0.4, 0.5) is 4.39 Å². The van der Waals surface area contributed by atoms with E-state index in [1.165, 1.54) is 6.07 Å². The number of carboxylic acid groups (broad SMARTS) is 3. The van der Waals surface area contributed by atoms with E-state index in [4.69, 9.17) is 36.7 Å². The summed E-state index contributed by atoms with van der Waals surface area (Å²) in [5, 5.41) is 32.8. The third-order valence-corrected chi connectivity index (χ3v) is 6.33. The molecule has 254 valence electrons.